The monoisotopic (exact) mass is 323 g/mol. The lowest BCUT2D eigenvalue weighted by Crippen LogP contribution is -2.17. The van der Waals surface area contributed by atoms with Gasteiger partial charge in [-0.3, -0.25) is 4.79 Å². The summed E-state index contributed by atoms with van der Waals surface area (Å²) in [6, 6.07) is 4.87. The Bertz CT molecular complexity index is 632. The first-order chi connectivity index (χ1) is 9.33. The molecule has 5 nitrogen and oxygen atoms in total. The Kier molecular flexibility index (Phi) is 4.09. The van der Waals surface area contributed by atoms with Crippen molar-refractivity contribution in [3.63, 3.8) is 0 Å². The number of carbonyl (C=O) groups is 1. The molecule has 0 bridgehead atoms. The van der Waals surface area contributed by atoms with Crippen LogP contribution in [0.3, 0.4) is 0 Å². The third kappa shape index (κ3) is 4.07. The molecule has 0 atom stereocenters. The van der Waals surface area contributed by atoms with Gasteiger partial charge in [0.05, 0.1) is 0 Å². The van der Waals surface area contributed by atoms with Crippen LogP contribution in [0.15, 0.2) is 24.3 Å². The number of nitrogens with zero attached hydrogens (tertiary/aromatic N) is 2. The van der Waals surface area contributed by atoms with E-state index in [1.54, 1.807) is 0 Å². The molecule has 0 aliphatic heterocycles. The van der Waals surface area contributed by atoms with Gasteiger partial charge >= 0.3 is 6.36 Å². The molecule has 0 fully saturated rings. The molecule has 0 aliphatic rings. The highest BCUT2D eigenvalue weighted by Crippen LogP contribution is 2.25. The van der Waals surface area contributed by atoms with Crippen molar-refractivity contribution in [2.75, 3.05) is 5.32 Å². The zero-order chi connectivity index (χ0) is 14.8. The molecule has 20 heavy (non-hydrogen) atoms. The van der Waals surface area contributed by atoms with Crippen molar-refractivity contribution >= 4 is 34.5 Å². The van der Waals surface area contributed by atoms with E-state index in [0.29, 0.717) is 0 Å². The molecule has 0 radical (unpaired) electrons. The molecule has 1 N–H and O–H groups in total. The van der Waals surface area contributed by atoms with Crippen LogP contribution in [-0.2, 0) is 0 Å². The Balaban J connectivity index is 2.10. The molecule has 0 saturated carbocycles. The smallest absolute Gasteiger partial charge is 0.406 e. The van der Waals surface area contributed by atoms with Gasteiger partial charge in [0.25, 0.3) is 5.91 Å². The molecular formula is C10H5ClF3N3O2S. The lowest BCUT2D eigenvalue weighted by molar-refractivity contribution is -0.274. The van der Waals surface area contributed by atoms with E-state index in [1.165, 1.54) is 12.1 Å². The zero-order valence-corrected chi connectivity index (χ0v) is 11.0. The maximum absolute atomic E-state index is 12.1. The van der Waals surface area contributed by atoms with Gasteiger partial charge in [-0.05, 0) is 23.7 Å². The molecule has 1 aromatic heterocycles. The lowest BCUT2D eigenvalue weighted by atomic mass is 10.3. The summed E-state index contributed by atoms with van der Waals surface area (Å²) in [6.45, 7) is 0. The molecule has 10 heteroatoms. The van der Waals surface area contributed by atoms with Gasteiger partial charge in [0.1, 0.15) is 5.75 Å². The van der Waals surface area contributed by atoms with Crippen LogP contribution < -0.4 is 10.1 Å². The van der Waals surface area contributed by atoms with Crippen LogP contribution in [0.2, 0.25) is 4.47 Å². The largest absolute Gasteiger partial charge is 0.573 e. The number of nitrogens with one attached hydrogen (secondary N) is 1. The minimum Gasteiger partial charge on any atom is -0.406 e. The quantitative estimate of drug-likeness (QED) is 0.941. The molecule has 0 saturated heterocycles. The molecule has 0 spiro atoms. The fourth-order valence-corrected chi connectivity index (χ4v) is 1.98. The van der Waals surface area contributed by atoms with Crippen LogP contribution in [0.25, 0.3) is 0 Å². The first-order valence-corrected chi connectivity index (χ1v) is 6.19. The number of halogens is 4. The van der Waals surface area contributed by atoms with Gasteiger partial charge in [-0.1, -0.05) is 17.4 Å². The standard InChI is InChI=1S/C10H5ClF3N3O2S/c11-9-17-16-8(20-9)7(18)15-5-2-1-3-6(4-5)19-10(12,13)14/h1-4H,(H,15,18). The van der Waals surface area contributed by atoms with Gasteiger partial charge in [-0.15, -0.1) is 23.4 Å². The summed E-state index contributed by atoms with van der Waals surface area (Å²) in [5.74, 6) is -1.07. The van der Waals surface area contributed by atoms with E-state index in [-0.39, 0.29) is 15.2 Å². The number of benzene rings is 1. The Morgan fingerprint density at radius 1 is 1.35 bits per heavy atom. The number of rotatable bonds is 3. The Hall–Kier alpha value is -1.87. The molecule has 1 amide bonds. The van der Waals surface area contributed by atoms with Gasteiger partial charge in [0.15, 0.2) is 0 Å². The van der Waals surface area contributed by atoms with E-state index in [0.717, 1.165) is 23.5 Å². The predicted molar refractivity (Wildman–Crippen MR) is 66.0 cm³/mol. The SMILES string of the molecule is O=C(Nc1cccc(OC(F)(F)F)c1)c1nnc(Cl)s1. The second kappa shape index (κ2) is 5.63. The van der Waals surface area contributed by atoms with Gasteiger partial charge < -0.3 is 10.1 Å². The van der Waals surface area contributed by atoms with E-state index < -0.39 is 18.0 Å². The van der Waals surface area contributed by atoms with Crippen molar-refractivity contribution in [1.82, 2.24) is 10.2 Å². The lowest BCUT2D eigenvalue weighted by Gasteiger charge is -2.10. The molecule has 2 aromatic rings. The van der Waals surface area contributed by atoms with Crippen molar-refractivity contribution in [2.45, 2.75) is 6.36 Å². The van der Waals surface area contributed by atoms with Gasteiger partial charge in [-0.2, -0.15) is 0 Å². The number of hydrogen-bond donors (Lipinski definition) is 1. The van der Waals surface area contributed by atoms with Crippen LogP contribution in [0.5, 0.6) is 5.75 Å². The predicted octanol–water partition coefficient (Wildman–Crippen LogP) is 3.34. The van der Waals surface area contributed by atoms with Crippen molar-refractivity contribution in [1.29, 1.82) is 0 Å². The number of amides is 1. The minimum atomic E-state index is -4.80. The molecule has 2 rings (SSSR count). The third-order valence-corrected chi connectivity index (χ3v) is 2.94. The Morgan fingerprint density at radius 2 is 2.10 bits per heavy atom. The number of aromatic nitrogens is 2. The van der Waals surface area contributed by atoms with Crippen molar-refractivity contribution in [3.8, 4) is 5.75 Å². The fraction of sp³-hybridized carbons (Fsp3) is 0.100. The zero-order valence-electron chi connectivity index (χ0n) is 9.44. The summed E-state index contributed by atoms with van der Waals surface area (Å²) in [4.78, 5) is 11.7. The van der Waals surface area contributed by atoms with E-state index in [9.17, 15) is 18.0 Å². The summed E-state index contributed by atoms with van der Waals surface area (Å²) < 4.78 is 40.0. The maximum Gasteiger partial charge on any atom is 0.573 e. The average Bonchev–Trinajstić information content (AvgIpc) is 2.74. The van der Waals surface area contributed by atoms with Crippen molar-refractivity contribution in [3.05, 3.63) is 33.7 Å². The number of carbonyl (C=O) groups excluding carboxylic acids is 1. The topological polar surface area (TPSA) is 64.1 Å². The van der Waals surface area contributed by atoms with E-state index in [2.05, 4.69) is 20.3 Å². The molecule has 0 aliphatic carbocycles. The van der Waals surface area contributed by atoms with Crippen LogP contribution in [0.1, 0.15) is 9.80 Å². The van der Waals surface area contributed by atoms with Gasteiger partial charge in [-0.25, -0.2) is 0 Å². The minimum absolute atomic E-state index is 0.00265. The van der Waals surface area contributed by atoms with Crippen LogP contribution in [-0.4, -0.2) is 22.5 Å². The number of hydrogen-bond acceptors (Lipinski definition) is 5. The second-order valence-electron chi connectivity index (χ2n) is 3.39. The number of alkyl halides is 3. The van der Waals surface area contributed by atoms with Gasteiger partial charge in [0, 0.05) is 11.8 Å². The molecule has 0 unspecified atom stereocenters. The molecular weight excluding hydrogens is 319 g/mol. The summed E-state index contributed by atoms with van der Waals surface area (Å²) in [6.07, 6.45) is -4.80. The molecule has 1 aromatic carbocycles. The highest BCUT2D eigenvalue weighted by atomic mass is 35.5. The first-order valence-electron chi connectivity index (χ1n) is 5.00. The normalized spacial score (nSPS) is 11.2. The van der Waals surface area contributed by atoms with Crippen molar-refractivity contribution < 1.29 is 22.7 Å². The Morgan fingerprint density at radius 3 is 2.70 bits per heavy atom. The second-order valence-corrected chi connectivity index (χ2v) is 4.95. The third-order valence-electron chi connectivity index (χ3n) is 1.92. The molecule has 106 valence electrons. The maximum atomic E-state index is 12.1. The van der Waals surface area contributed by atoms with Gasteiger partial charge in [0.2, 0.25) is 9.47 Å². The van der Waals surface area contributed by atoms with E-state index in [4.69, 9.17) is 11.6 Å². The average molecular weight is 324 g/mol. The Labute approximate surface area is 119 Å². The van der Waals surface area contributed by atoms with Crippen LogP contribution >= 0.6 is 22.9 Å². The summed E-state index contributed by atoms with van der Waals surface area (Å²) in [5.41, 5.74) is 0.128. The first kappa shape index (κ1) is 14.5. The van der Waals surface area contributed by atoms with Crippen LogP contribution in [0, 0.1) is 0 Å². The fourth-order valence-electron chi connectivity index (χ4n) is 1.25. The summed E-state index contributed by atoms with van der Waals surface area (Å²) in [5, 5.41) is 9.31. The van der Waals surface area contributed by atoms with Crippen LogP contribution in [0.4, 0.5) is 18.9 Å². The summed E-state index contributed by atoms with van der Waals surface area (Å²) in [7, 11) is 0. The number of anilines is 1. The number of ether oxygens (including phenoxy) is 1. The highest BCUT2D eigenvalue weighted by molar-refractivity contribution is 7.17. The van der Waals surface area contributed by atoms with E-state index in [1.807, 2.05) is 0 Å². The molecule has 1 heterocycles. The highest BCUT2D eigenvalue weighted by Gasteiger charge is 2.31. The van der Waals surface area contributed by atoms with E-state index >= 15 is 0 Å². The van der Waals surface area contributed by atoms with Crippen molar-refractivity contribution in [2.24, 2.45) is 0 Å². The summed E-state index contributed by atoms with van der Waals surface area (Å²) >= 11 is 6.37.